The molecule has 2 rings (SSSR count). The van der Waals surface area contributed by atoms with Crippen LogP contribution in [-0.2, 0) is 6.42 Å². The lowest BCUT2D eigenvalue weighted by atomic mass is 10.1. The van der Waals surface area contributed by atoms with Gasteiger partial charge in [0.1, 0.15) is 0 Å². The van der Waals surface area contributed by atoms with E-state index in [-0.39, 0.29) is 6.04 Å². The van der Waals surface area contributed by atoms with Crippen LogP contribution in [0.15, 0.2) is 30.6 Å². The maximum absolute atomic E-state index is 5.78. The van der Waals surface area contributed by atoms with E-state index in [2.05, 4.69) is 42.0 Å². The van der Waals surface area contributed by atoms with Crippen LogP contribution in [0, 0.1) is 13.8 Å². The number of aromatic nitrogens is 2. The summed E-state index contributed by atoms with van der Waals surface area (Å²) in [5.41, 5.74) is 10.4. The van der Waals surface area contributed by atoms with Gasteiger partial charge in [-0.1, -0.05) is 17.7 Å². The molecule has 20 heavy (non-hydrogen) atoms. The van der Waals surface area contributed by atoms with Crippen molar-refractivity contribution in [1.29, 1.82) is 0 Å². The Bertz CT molecular complexity index is 576. The molecule has 1 aromatic carbocycles. The Kier molecular flexibility index (Phi) is 4.35. The predicted molar refractivity (Wildman–Crippen MR) is 83.4 cm³/mol. The van der Waals surface area contributed by atoms with Crippen molar-refractivity contribution < 1.29 is 0 Å². The molecule has 4 nitrogen and oxygen atoms in total. The summed E-state index contributed by atoms with van der Waals surface area (Å²) in [6.07, 6.45) is 4.50. The molecule has 1 unspecified atom stereocenters. The van der Waals surface area contributed by atoms with Crippen LogP contribution in [0.2, 0.25) is 0 Å². The molecule has 0 fully saturated rings. The fourth-order valence-corrected chi connectivity index (χ4v) is 2.29. The van der Waals surface area contributed by atoms with Crippen LogP contribution in [0.1, 0.15) is 23.6 Å². The molecular weight excluding hydrogens is 248 g/mol. The summed E-state index contributed by atoms with van der Waals surface area (Å²) in [6, 6.07) is 6.49. The first-order valence-electron chi connectivity index (χ1n) is 6.85. The predicted octanol–water partition coefficient (Wildman–Crippen LogP) is 2.75. The highest BCUT2D eigenvalue weighted by Gasteiger charge is 2.10. The molecule has 0 saturated carbocycles. The quantitative estimate of drug-likeness (QED) is 0.928. The van der Waals surface area contributed by atoms with Crippen LogP contribution in [0.25, 0.3) is 0 Å². The minimum atomic E-state index is 0.126. The van der Waals surface area contributed by atoms with Gasteiger partial charge in [-0.2, -0.15) is 0 Å². The van der Waals surface area contributed by atoms with Gasteiger partial charge in [-0.3, -0.25) is 0 Å². The Morgan fingerprint density at radius 3 is 2.40 bits per heavy atom. The number of hydrogen-bond donors (Lipinski definition) is 1. The number of nitrogens with zero attached hydrogens (tertiary/aromatic N) is 3. The van der Waals surface area contributed by atoms with Crippen molar-refractivity contribution >= 4 is 11.6 Å². The second kappa shape index (κ2) is 6.01. The number of nitrogens with two attached hydrogens (primary N) is 1. The van der Waals surface area contributed by atoms with E-state index in [1.807, 2.05) is 31.3 Å². The lowest BCUT2D eigenvalue weighted by Gasteiger charge is -2.20. The van der Waals surface area contributed by atoms with Crippen LogP contribution in [0.3, 0.4) is 0 Å². The molecule has 2 N–H and O–H groups in total. The SMILES string of the molecule is Cc1ccc(N(C)c2ncc(CC(C)N)cn2)c(C)c1. The fraction of sp³-hybridized carbons (Fsp3) is 0.375. The molecule has 0 spiro atoms. The normalized spacial score (nSPS) is 12.2. The molecule has 1 heterocycles. The molecule has 0 bridgehead atoms. The van der Waals surface area contributed by atoms with Crippen LogP contribution in [0.5, 0.6) is 0 Å². The summed E-state index contributed by atoms with van der Waals surface area (Å²) in [5, 5.41) is 0. The smallest absolute Gasteiger partial charge is 0.229 e. The zero-order valence-electron chi connectivity index (χ0n) is 12.6. The molecule has 106 valence electrons. The lowest BCUT2D eigenvalue weighted by molar-refractivity contribution is 0.732. The fourth-order valence-electron chi connectivity index (χ4n) is 2.29. The number of benzene rings is 1. The van der Waals surface area contributed by atoms with Crippen molar-refractivity contribution in [2.75, 3.05) is 11.9 Å². The largest absolute Gasteiger partial charge is 0.328 e. The van der Waals surface area contributed by atoms with Crippen molar-refractivity contribution in [3.8, 4) is 0 Å². The average Bonchev–Trinajstić information content (AvgIpc) is 2.38. The lowest BCUT2D eigenvalue weighted by Crippen LogP contribution is -2.19. The first-order valence-corrected chi connectivity index (χ1v) is 6.85. The van der Waals surface area contributed by atoms with E-state index in [1.54, 1.807) is 0 Å². The van der Waals surface area contributed by atoms with Crippen molar-refractivity contribution in [2.45, 2.75) is 33.2 Å². The Hall–Kier alpha value is -1.94. The number of aryl methyl sites for hydroxylation is 2. The molecule has 0 aliphatic rings. The molecule has 0 amide bonds. The first-order chi connectivity index (χ1) is 9.47. The maximum atomic E-state index is 5.78. The second-order valence-corrected chi connectivity index (χ2v) is 5.42. The number of anilines is 2. The molecule has 0 aliphatic heterocycles. The van der Waals surface area contributed by atoms with Gasteiger partial charge in [0.2, 0.25) is 5.95 Å². The van der Waals surface area contributed by atoms with Crippen LogP contribution >= 0.6 is 0 Å². The van der Waals surface area contributed by atoms with Gasteiger partial charge in [0.25, 0.3) is 0 Å². The highest BCUT2D eigenvalue weighted by atomic mass is 15.2. The molecular formula is C16H22N4. The average molecular weight is 270 g/mol. The summed E-state index contributed by atoms with van der Waals surface area (Å²) < 4.78 is 0. The molecule has 4 heteroatoms. The van der Waals surface area contributed by atoms with Crippen molar-refractivity contribution in [3.63, 3.8) is 0 Å². The molecule has 0 aliphatic carbocycles. The van der Waals surface area contributed by atoms with Gasteiger partial charge in [0, 0.05) is 31.2 Å². The Morgan fingerprint density at radius 1 is 1.20 bits per heavy atom. The highest BCUT2D eigenvalue weighted by Crippen LogP contribution is 2.24. The van der Waals surface area contributed by atoms with E-state index >= 15 is 0 Å². The third-order valence-electron chi connectivity index (χ3n) is 3.26. The summed E-state index contributed by atoms with van der Waals surface area (Å²) in [6.45, 7) is 6.18. The third kappa shape index (κ3) is 3.33. The highest BCUT2D eigenvalue weighted by molar-refractivity contribution is 5.61. The molecule has 0 radical (unpaired) electrons. The topological polar surface area (TPSA) is 55.0 Å². The number of rotatable bonds is 4. The first kappa shape index (κ1) is 14.5. The Morgan fingerprint density at radius 2 is 1.85 bits per heavy atom. The monoisotopic (exact) mass is 270 g/mol. The van der Waals surface area contributed by atoms with Gasteiger partial charge in [0.15, 0.2) is 0 Å². The molecule has 0 saturated heterocycles. The van der Waals surface area contributed by atoms with Crippen molar-refractivity contribution in [3.05, 3.63) is 47.3 Å². The van der Waals surface area contributed by atoms with Gasteiger partial charge in [0.05, 0.1) is 0 Å². The maximum Gasteiger partial charge on any atom is 0.229 e. The van der Waals surface area contributed by atoms with E-state index in [9.17, 15) is 0 Å². The Balaban J connectivity index is 2.22. The van der Waals surface area contributed by atoms with Crippen molar-refractivity contribution in [2.24, 2.45) is 5.73 Å². The summed E-state index contributed by atoms with van der Waals surface area (Å²) in [7, 11) is 1.98. The standard InChI is InChI=1S/C16H22N4/c1-11-5-6-15(12(2)7-11)20(4)16-18-9-14(10-19-16)8-13(3)17/h5-7,9-10,13H,8,17H2,1-4H3. The van der Waals surface area contributed by atoms with Gasteiger partial charge >= 0.3 is 0 Å². The molecule has 1 atom stereocenters. The van der Waals surface area contributed by atoms with Crippen LogP contribution in [0.4, 0.5) is 11.6 Å². The van der Waals surface area contributed by atoms with E-state index in [0.717, 1.165) is 17.7 Å². The van der Waals surface area contributed by atoms with E-state index < -0.39 is 0 Å². The van der Waals surface area contributed by atoms with Crippen LogP contribution in [-0.4, -0.2) is 23.1 Å². The molecule has 2 aromatic rings. The van der Waals surface area contributed by atoms with Gasteiger partial charge in [-0.05, 0) is 44.4 Å². The molecule has 1 aromatic heterocycles. The Labute approximate surface area is 120 Å². The minimum absolute atomic E-state index is 0.126. The van der Waals surface area contributed by atoms with E-state index in [1.165, 1.54) is 11.1 Å². The summed E-state index contributed by atoms with van der Waals surface area (Å²) in [5.74, 6) is 0.699. The minimum Gasteiger partial charge on any atom is -0.328 e. The third-order valence-corrected chi connectivity index (χ3v) is 3.26. The van der Waals surface area contributed by atoms with E-state index in [0.29, 0.717) is 5.95 Å². The van der Waals surface area contributed by atoms with Gasteiger partial charge in [-0.15, -0.1) is 0 Å². The summed E-state index contributed by atoms with van der Waals surface area (Å²) >= 11 is 0. The summed E-state index contributed by atoms with van der Waals surface area (Å²) in [4.78, 5) is 10.9. The zero-order valence-corrected chi connectivity index (χ0v) is 12.6. The van der Waals surface area contributed by atoms with Crippen LogP contribution < -0.4 is 10.6 Å². The van der Waals surface area contributed by atoms with E-state index in [4.69, 9.17) is 5.73 Å². The zero-order chi connectivity index (χ0) is 14.7. The number of hydrogen-bond acceptors (Lipinski definition) is 4. The van der Waals surface area contributed by atoms with Gasteiger partial charge in [-0.25, -0.2) is 9.97 Å². The van der Waals surface area contributed by atoms with Gasteiger partial charge < -0.3 is 10.6 Å². The second-order valence-electron chi connectivity index (χ2n) is 5.42. The van der Waals surface area contributed by atoms with Crippen molar-refractivity contribution in [1.82, 2.24) is 9.97 Å².